The average molecular weight is 343 g/mol. The van der Waals surface area contributed by atoms with Crippen molar-refractivity contribution in [2.45, 2.75) is 31.3 Å². The monoisotopic (exact) mass is 342 g/mol. The maximum atomic E-state index is 10.1. The number of ether oxygens (including phenoxy) is 2. The predicted molar refractivity (Wildman–Crippen MR) is 85.7 cm³/mol. The number of hydrogen-bond donors (Lipinski definition) is 1. The highest BCUT2D eigenvalue weighted by atomic mass is 35.5. The second kappa shape index (κ2) is 4.29. The third-order valence-electron chi connectivity index (χ3n) is 5.74. The van der Waals surface area contributed by atoms with Crippen LogP contribution in [0.3, 0.4) is 0 Å². The van der Waals surface area contributed by atoms with Gasteiger partial charge in [0, 0.05) is 10.4 Å². The van der Waals surface area contributed by atoms with Crippen molar-refractivity contribution in [1.29, 1.82) is 10.5 Å². The first-order chi connectivity index (χ1) is 11.3. The molecule has 0 radical (unpaired) electrons. The molecular formula is C17H15ClN4O2. The SMILES string of the molecule is C[C@@H]1CO[C@]2(N=C(N)[C@@]3(C#N)[C@](C)(c4cccc(Cl)c4)[C@@]23C#N)O1. The summed E-state index contributed by atoms with van der Waals surface area (Å²) in [7, 11) is 0. The van der Waals surface area contributed by atoms with Gasteiger partial charge in [0.05, 0.1) is 24.8 Å². The van der Waals surface area contributed by atoms with Crippen LogP contribution in [-0.4, -0.2) is 24.5 Å². The topological polar surface area (TPSA) is 104 Å². The van der Waals surface area contributed by atoms with E-state index < -0.39 is 22.2 Å². The molecular weight excluding hydrogens is 328 g/mol. The van der Waals surface area contributed by atoms with Crippen molar-refractivity contribution in [1.82, 2.24) is 0 Å². The van der Waals surface area contributed by atoms with Gasteiger partial charge in [-0.1, -0.05) is 30.7 Å². The molecule has 122 valence electrons. The van der Waals surface area contributed by atoms with Crippen LogP contribution in [0, 0.1) is 33.5 Å². The molecule has 7 heteroatoms. The van der Waals surface area contributed by atoms with Gasteiger partial charge in [-0.3, -0.25) is 0 Å². The molecule has 1 aromatic carbocycles. The van der Waals surface area contributed by atoms with Crippen LogP contribution >= 0.6 is 11.6 Å². The van der Waals surface area contributed by atoms with E-state index in [9.17, 15) is 10.5 Å². The number of fused-ring (bicyclic) bond motifs is 2. The van der Waals surface area contributed by atoms with Crippen molar-refractivity contribution < 1.29 is 9.47 Å². The third-order valence-corrected chi connectivity index (χ3v) is 5.97. The van der Waals surface area contributed by atoms with Crippen LogP contribution < -0.4 is 5.73 Å². The predicted octanol–water partition coefficient (Wildman–Crippen LogP) is 2.09. The van der Waals surface area contributed by atoms with Crippen LogP contribution in [0.25, 0.3) is 0 Å². The first-order valence-electron chi connectivity index (χ1n) is 7.61. The van der Waals surface area contributed by atoms with E-state index >= 15 is 0 Å². The lowest BCUT2D eigenvalue weighted by Gasteiger charge is -2.30. The van der Waals surface area contributed by atoms with E-state index in [1.54, 1.807) is 18.2 Å². The Bertz CT molecular complexity index is 874. The van der Waals surface area contributed by atoms with E-state index in [0.29, 0.717) is 5.02 Å². The summed E-state index contributed by atoms with van der Waals surface area (Å²) in [5.74, 6) is -1.49. The molecule has 24 heavy (non-hydrogen) atoms. The van der Waals surface area contributed by atoms with Gasteiger partial charge in [0.25, 0.3) is 5.91 Å². The lowest BCUT2D eigenvalue weighted by molar-refractivity contribution is -0.196. The minimum Gasteiger partial charge on any atom is -0.386 e. The van der Waals surface area contributed by atoms with Crippen LogP contribution in [0.15, 0.2) is 29.3 Å². The fourth-order valence-corrected chi connectivity index (χ4v) is 4.81. The molecule has 5 atom stereocenters. The summed E-state index contributed by atoms with van der Waals surface area (Å²) in [5.41, 5.74) is 3.28. The van der Waals surface area contributed by atoms with Crippen molar-refractivity contribution in [2.24, 2.45) is 21.6 Å². The van der Waals surface area contributed by atoms with Gasteiger partial charge < -0.3 is 15.2 Å². The smallest absolute Gasteiger partial charge is 0.294 e. The van der Waals surface area contributed by atoms with Gasteiger partial charge in [0.2, 0.25) is 0 Å². The summed E-state index contributed by atoms with van der Waals surface area (Å²) in [6.07, 6.45) is -0.245. The van der Waals surface area contributed by atoms with E-state index in [0.717, 1.165) is 5.56 Å². The number of aliphatic imine (C=N–C) groups is 1. The molecule has 2 heterocycles. The van der Waals surface area contributed by atoms with Crippen molar-refractivity contribution in [3.63, 3.8) is 0 Å². The minimum atomic E-state index is -1.56. The number of hydrogen-bond acceptors (Lipinski definition) is 6. The molecule has 1 spiro atoms. The molecule has 2 aliphatic heterocycles. The molecule has 1 aromatic rings. The highest BCUT2D eigenvalue weighted by molar-refractivity contribution is 6.30. The summed E-state index contributed by atoms with van der Waals surface area (Å²) in [5, 5.41) is 20.7. The van der Waals surface area contributed by atoms with Crippen molar-refractivity contribution in [3.8, 4) is 12.1 Å². The van der Waals surface area contributed by atoms with Gasteiger partial charge in [-0.25, -0.2) is 4.99 Å². The molecule has 4 rings (SSSR count). The molecule has 0 bridgehead atoms. The van der Waals surface area contributed by atoms with Gasteiger partial charge in [-0.15, -0.1) is 0 Å². The standard InChI is InChI=1S/C17H15ClN4O2/c1-10-7-23-17(24-10)16(9-20)14(2,11-4-3-5-12(18)6-11)15(16,8-19)13(21)22-17/h3-6,10H,7H2,1-2H3,(H2,21,22)/t10-,14+,15+,16-,17+/m1/s1. The molecule has 0 unspecified atom stereocenters. The number of amidine groups is 1. The highest BCUT2D eigenvalue weighted by Crippen LogP contribution is 2.85. The molecule has 3 aliphatic rings. The van der Waals surface area contributed by atoms with E-state index in [4.69, 9.17) is 26.8 Å². The Kier molecular flexibility index (Phi) is 2.75. The number of nitrogens with two attached hydrogens (primary N) is 1. The fraction of sp³-hybridized carbons (Fsp3) is 0.471. The number of rotatable bonds is 1. The van der Waals surface area contributed by atoms with Gasteiger partial charge in [-0.2, -0.15) is 10.5 Å². The molecule has 1 aliphatic carbocycles. The molecule has 6 nitrogen and oxygen atoms in total. The molecule has 2 fully saturated rings. The number of benzene rings is 1. The maximum absolute atomic E-state index is 10.1. The molecule has 1 saturated carbocycles. The quantitative estimate of drug-likeness (QED) is 0.841. The lowest BCUT2D eigenvalue weighted by atomic mass is 9.84. The zero-order valence-corrected chi connectivity index (χ0v) is 14.0. The Morgan fingerprint density at radius 3 is 2.67 bits per heavy atom. The fourth-order valence-electron chi connectivity index (χ4n) is 4.62. The van der Waals surface area contributed by atoms with Crippen LogP contribution in [0.1, 0.15) is 19.4 Å². The normalized spacial score (nSPS) is 45.4. The molecule has 0 amide bonds. The van der Waals surface area contributed by atoms with E-state index in [2.05, 4.69) is 17.1 Å². The molecule has 0 aromatic heterocycles. The van der Waals surface area contributed by atoms with Crippen LogP contribution in [-0.2, 0) is 14.9 Å². The number of nitrogens with zero attached hydrogens (tertiary/aromatic N) is 3. The van der Waals surface area contributed by atoms with Crippen molar-refractivity contribution in [3.05, 3.63) is 34.9 Å². The first-order valence-corrected chi connectivity index (χ1v) is 7.99. The van der Waals surface area contributed by atoms with Crippen LogP contribution in [0.4, 0.5) is 0 Å². The summed E-state index contributed by atoms with van der Waals surface area (Å²) >= 11 is 6.13. The summed E-state index contributed by atoms with van der Waals surface area (Å²) < 4.78 is 11.7. The maximum Gasteiger partial charge on any atom is 0.294 e. The Hall–Kier alpha value is -2.12. The van der Waals surface area contributed by atoms with Gasteiger partial charge in [0.15, 0.2) is 10.8 Å². The van der Waals surface area contributed by atoms with E-state index in [1.807, 2.05) is 19.9 Å². The summed E-state index contributed by atoms with van der Waals surface area (Å²) in [6.45, 7) is 3.94. The Morgan fingerprint density at radius 2 is 2.12 bits per heavy atom. The minimum absolute atomic E-state index is 0.0723. The van der Waals surface area contributed by atoms with Gasteiger partial charge in [-0.05, 0) is 24.6 Å². The van der Waals surface area contributed by atoms with Gasteiger partial charge >= 0.3 is 0 Å². The zero-order valence-electron chi connectivity index (χ0n) is 13.2. The Balaban J connectivity index is 2.00. The number of halogens is 1. The Morgan fingerprint density at radius 1 is 1.38 bits per heavy atom. The molecule has 2 N–H and O–H groups in total. The summed E-state index contributed by atoms with van der Waals surface area (Å²) in [4.78, 5) is 4.30. The van der Waals surface area contributed by atoms with Crippen molar-refractivity contribution in [2.75, 3.05) is 6.61 Å². The Labute approximate surface area is 144 Å². The number of nitriles is 2. The second-order valence-electron chi connectivity index (χ2n) is 6.68. The second-order valence-corrected chi connectivity index (χ2v) is 7.11. The highest BCUT2D eigenvalue weighted by Gasteiger charge is 3.00. The van der Waals surface area contributed by atoms with E-state index in [-0.39, 0.29) is 18.5 Å². The van der Waals surface area contributed by atoms with Crippen molar-refractivity contribution >= 4 is 17.4 Å². The summed E-state index contributed by atoms with van der Waals surface area (Å²) in [6, 6.07) is 11.6. The van der Waals surface area contributed by atoms with Crippen LogP contribution in [0.5, 0.6) is 0 Å². The van der Waals surface area contributed by atoms with Crippen LogP contribution in [0.2, 0.25) is 5.02 Å². The average Bonchev–Trinajstić information content (AvgIpc) is 2.73. The van der Waals surface area contributed by atoms with E-state index in [1.165, 1.54) is 0 Å². The largest absolute Gasteiger partial charge is 0.386 e. The first kappa shape index (κ1) is 15.4. The third kappa shape index (κ3) is 1.23. The molecule has 1 saturated heterocycles. The van der Waals surface area contributed by atoms with Gasteiger partial charge in [0.1, 0.15) is 5.84 Å². The lowest BCUT2D eigenvalue weighted by Crippen LogP contribution is -2.42. The zero-order chi connectivity index (χ0) is 17.4.